The number of rotatable bonds is 8. The third-order valence-corrected chi connectivity index (χ3v) is 14.5. The van der Waals surface area contributed by atoms with E-state index >= 15 is 0 Å². The van der Waals surface area contributed by atoms with Crippen LogP contribution >= 0.6 is 0 Å². The van der Waals surface area contributed by atoms with E-state index in [0.29, 0.717) is 25.7 Å². The van der Waals surface area contributed by atoms with Crippen LogP contribution in [-0.2, 0) is 9.47 Å². The molecule has 16 unspecified atom stereocenters. The molecule has 0 spiro atoms. The minimum Gasteiger partial charge on any atom is -0.394 e. The first-order chi connectivity index (χ1) is 20.8. The first-order valence-electron chi connectivity index (χ1n) is 17.5. The first kappa shape index (κ1) is 35.7. The van der Waals surface area contributed by atoms with Gasteiger partial charge in [0.1, 0.15) is 24.4 Å². The topological polar surface area (TPSA) is 160 Å². The fourth-order valence-electron chi connectivity index (χ4n) is 12.1. The third-order valence-electron chi connectivity index (χ3n) is 14.5. The van der Waals surface area contributed by atoms with Crippen molar-refractivity contribution < 1.29 is 45.2 Å². The Bertz CT molecular complexity index is 1100. The lowest BCUT2D eigenvalue weighted by Crippen LogP contribution is -2.70. The monoisotopic (exact) mass is 638 g/mol. The Morgan fingerprint density at radius 2 is 1.58 bits per heavy atom. The molecule has 0 aromatic heterocycles. The van der Waals surface area contributed by atoms with Gasteiger partial charge in [0.15, 0.2) is 6.29 Å². The van der Waals surface area contributed by atoms with Crippen LogP contribution in [0.25, 0.3) is 0 Å². The van der Waals surface area contributed by atoms with Crippen molar-refractivity contribution in [2.75, 3.05) is 6.61 Å². The highest BCUT2D eigenvalue weighted by Gasteiger charge is 2.73. The zero-order valence-electron chi connectivity index (χ0n) is 28.7. The van der Waals surface area contributed by atoms with Gasteiger partial charge < -0.3 is 45.2 Å². The van der Waals surface area contributed by atoms with E-state index < -0.39 is 66.6 Å². The van der Waals surface area contributed by atoms with E-state index in [1.807, 2.05) is 13.8 Å². The fourth-order valence-corrected chi connectivity index (χ4v) is 12.1. The Labute approximate surface area is 270 Å². The molecule has 5 aliphatic rings. The quantitative estimate of drug-likeness (QED) is 0.198. The van der Waals surface area contributed by atoms with Crippen LogP contribution in [0.2, 0.25) is 0 Å². The maximum absolute atomic E-state index is 12.2. The van der Waals surface area contributed by atoms with Crippen molar-refractivity contribution in [3.63, 3.8) is 0 Å². The van der Waals surface area contributed by atoms with Crippen LogP contribution in [0, 0.1) is 45.3 Å². The van der Waals surface area contributed by atoms with E-state index in [-0.39, 0.29) is 39.9 Å². The summed E-state index contributed by atoms with van der Waals surface area (Å²) in [6.07, 6.45) is -1.99. The van der Waals surface area contributed by atoms with Gasteiger partial charge in [-0.3, -0.25) is 0 Å². The van der Waals surface area contributed by atoms with E-state index in [2.05, 4.69) is 41.2 Å². The molecule has 0 radical (unpaired) electrons. The van der Waals surface area contributed by atoms with E-state index in [1.165, 1.54) is 0 Å². The molecule has 1 aliphatic heterocycles. The average Bonchev–Trinajstić information content (AvgIpc) is 3.33. The summed E-state index contributed by atoms with van der Waals surface area (Å²) in [6.45, 7) is 18.7. The maximum atomic E-state index is 12.2. The summed E-state index contributed by atoms with van der Waals surface area (Å²) in [4.78, 5) is 0. The number of hydrogen-bond donors (Lipinski definition) is 7. The van der Waals surface area contributed by atoms with Crippen LogP contribution in [0.15, 0.2) is 12.2 Å². The largest absolute Gasteiger partial charge is 0.394 e. The molecule has 4 saturated carbocycles. The van der Waals surface area contributed by atoms with Gasteiger partial charge in [0.2, 0.25) is 0 Å². The van der Waals surface area contributed by atoms with Crippen LogP contribution < -0.4 is 0 Å². The SMILES string of the molecule is C=C(C)CCCC(C)(OC1OC(CO)C(O)C(O)C1O)C1CCC2(C)C1C(O)CC1C3(C)CCC(O)C(C)(C)C3C(O)CC12C. The predicted molar refractivity (Wildman–Crippen MR) is 170 cm³/mol. The Morgan fingerprint density at radius 1 is 0.911 bits per heavy atom. The van der Waals surface area contributed by atoms with Crippen molar-refractivity contribution >= 4 is 0 Å². The summed E-state index contributed by atoms with van der Waals surface area (Å²) in [7, 11) is 0. The molecule has 260 valence electrons. The van der Waals surface area contributed by atoms with Gasteiger partial charge in [-0.2, -0.15) is 0 Å². The standard InChI is InChI=1S/C36H62O9/c1-19(2)10-9-13-36(8,45-31-29(43)28(42)27(41)23(18-37)44-31)20-11-15-34(6)26(20)21(38)16-24-33(5)14-12-25(40)32(3,4)30(33)22(39)17-35(24,34)7/h20-31,37-43H,1,9-18H2,2-8H3. The molecule has 0 amide bonds. The number of ether oxygens (including phenoxy) is 2. The lowest BCUT2D eigenvalue weighted by molar-refractivity contribution is -0.337. The Morgan fingerprint density at radius 3 is 2.20 bits per heavy atom. The number of allylic oxidation sites excluding steroid dienone is 1. The second-order valence-corrected chi connectivity index (χ2v) is 17.4. The lowest BCUT2D eigenvalue weighted by Gasteiger charge is -2.71. The molecule has 4 aliphatic carbocycles. The molecule has 0 aromatic carbocycles. The van der Waals surface area contributed by atoms with Gasteiger partial charge in [0, 0.05) is 0 Å². The van der Waals surface area contributed by atoms with Gasteiger partial charge in [0.25, 0.3) is 0 Å². The van der Waals surface area contributed by atoms with Crippen molar-refractivity contribution in [1.29, 1.82) is 0 Å². The molecule has 7 N–H and O–H groups in total. The molecular weight excluding hydrogens is 576 g/mol. The number of fused-ring (bicyclic) bond motifs is 5. The molecule has 45 heavy (non-hydrogen) atoms. The van der Waals surface area contributed by atoms with Crippen molar-refractivity contribution in [3.05, 3.63) is 12.2 Å². The molecule has 9 nitrogen and oxygen atoms in total. The molecule has 9 heteroatoms. The van der Waals surface area contributed by atoms with Crippen molar-refractivity contribution in [2.45, 2.75) is 161 Å². The predicted octanol–water partition coefficient (Wildman–Crippen LogP) is 3.30. The number of aliphatic hydroxyl groups is 7. The lowest BCUT2D eigenvalue weighted by atomic mass is 9.34. The Kier molecular flexibility index (Phi) is 9.56. The van der Waals surface area contributed by atoms with Crippen molar-refractivity contribution in [2.24, 2.45) is 45.3 Å². The van der Waals surface area contributed by atoms with E-state index in [9.17, 15) is 35.7 Å². The average molecular weight is 639 g/mol. The molecular formula is C36H62O9. The van der Waals surface area contributed by atoms with Crippen molar-refractivity contribution in [3.8, 4) is 0 Å². The summed E-state index contributed by atoms with van der Waals surface area (Å²) >= 11 is 0. The second-order valence-electron chi connectivity index (χ2n) is 17.4. The van der Waals surface area contributed by atoms with Crippen LogP contribution in [-0.4, -0.2) is 97.0 Å². The summed E-state index contributed by atoms with van der Waals surface area (Å²) < 4.78 is 12.6. The molecule has 1 heterocycles. The minimum atomic E-state index is -1.54. The molecule has 0 bridgehead atoms. The van der Waals surface area contributed by atoms with Crippen LogP contribution in [0.5, 0.6) is 0 Å². The first-order valence-corrected chi connectivity index (χ1v) is 17.5. The van der Waals surface area contributed by atoms with E-state index in [0.717, 1.165) is 37.7 Å². The number of aliphatic hydroxyl groups excluding tert-OH is 7. The highest BCUT2D eigenvalue weighted by atomic mass is 16.7. The maximum Gasteiger partial charge on any atom is 0.187 e. The van der Waals surface area contributed by atoms with E-state index in [1.54, 1.807) is 0 Å². The fraction of sp³-hybridized carbons (Fsp3) is 0.944. The van der Waals surface area contributed by atoms with Gasteiger partial charge >= 0.3 is 0 Å². The highest BCUT2D eigenvalue weighted by molar-refractivity contribution is 5.21. The van der Waals surface area contributed by atoms with Crippen molar-refractivity contribution in [1.82, 2.24) is 0 Å². The highest BCUT2D eigenvalue weighted by Crippen LogP contribution is 2.76. The molecule has 1 saturated heterocycles. The van der Waals surface area contributed by atoms with Crippen LogP contribution in [0.4, 0.5) is 0 Å². The summed E-state index contributed by atoms with van der Waals surface area (Å²) in [5.74, 6) is -0.160. The Hall–Kier alpha value is -0.620. The van der Waals surface area contributed by atoms with Gasteiger partial charge in [-0.05, 0) is 117 Å². The zero-order chi connectivity index (χ0) is 33.5. The van der Waals surface area contributed by atoms with E-state index in [4.69, 9.17) is 9.47 Å². The molecule has 5 rings (SSSR count). The minimum absolute atomic E-state index is 0.0710. The number of hydrogen-bond acceptors (Lipinski definition) is 9. The molecule has 16 atom stereocenters. The van der Waals surface area contributed by atoms with Gasteiger partial charge in [0.05, 0.1) is 30.5 Å². The zero-order valence-corrected chi connectivity index (χ0v) is 28.7. The van der Waals surface area contributed by atoms with Gasteiger partial charge in [-0.15, -0.1) is 6.58 Å². The molecule has 5 fully saturated rings. The smallest absolute Gasteiger partial charge is 0.187 e. The summed E-state index contributed by atoms with van der Waals surface area (Å²) in [5.41, 5.74) is -1.07. The van der Waals surface area contributed by atoms with Gasteiger partial charge in [-0.1, -0.05) is 40.2 Å². The van der Waals surface area contributed by atoms with Gasteiger partial charge in [-0.25, -0.2) is 0 Å². The van der Waals surface area contributed by atoms with Crippen LogP contribution in [0.3, 0.4) is 0 Å². The van der Waals surface area contributed by atoms with Crippen LogP contribution in [0.1, 0.15) is 106 Å². The Balaban J connectivity index is 1.50. The summed E-state index contributed by atoms with van der Waals surface area (Å²) in [5, 5.41) is 76.9. The summed E-state index contributed by atoms with van der Waals surface area (Å²) in [6, 6.07) is 0. The second kappa shape index (κ2) is 12.1. The third kappa shape index (κ3) is 5.39. The normalized spacial score (nSPS) is 52.3. The molecule has 0 aromatic rings.